The van der Waals surface area contributed by atoms with Crippen LogP contribution in [0, 0.1) is 11.3 Å². The zero-order valence-corrected chi connectivity index (χ0v) is 14.3. The Bertz CT molecular complexity index is 572. The minimum atomic E-state index is -0.0180. The highest BCUT2D eigenvalue weighted by molar-refractivity contribution is 5.94. The molecule has 0 unspecified atom stereocenters. The number of benzene rings is 1. The van der Waals surface area contributed by atoms with Crippen LogP contribution in [-0.2, 0) is 9.47 Å². The molecule has 0 aromatic heterocycles. The molecule has 1 saturated carbocycles. The number of fused-ring (bicyclic) bond motifs is 1. The molecule has 0 spiro atoms. The number of hydrogen-bond acceptors (Lipinski definition) is 3. The average Bonchev–Trinajstić information content (AvgIpc) is 3.45. The smallest absolute Gasteiger partial charge is 0.253 e. The normalized spacial score (nSPS) is 30.0. The van der Waals surface area contributed by atoms with E-state index in [-0.39, 0.29) is 17.4 Å². The second kappa shape index (κ2) is 6.85. The zero-order chi connectivity index (χ0) is 16.4. The first-order chi connectivity index (χ1) is 11.8. The lowest BCUT2D eigenvalue weighted by molar-refractivity contribution is -0.147. The van der Waals surface area contributed by atoms with E-state index in [0.29, 0.717) is 0 Å². The summed E-state index contributed by atoms with van der Waals surface area (Å²) >= 11 is 0. The van der Waals surface area contributed by atoms with Crippen LogP contribution < -0.4 is 0 Å². The zero-order valence-electron chi connectivity index (χ0n) is 14.3. The summed E-state index contributed by atoms with van der Waals surface area (Å²) in [5, 5.41) is 0. The maximum Gasteiger partial charge on any atom is 0.253 e. The number of rotatable bonds is 5. The molecule has 24 heavy (non-hydrogen) atoms. The molecule has 3 fully saturated rings. The van der Waals surface area contributed by atoms with Crippen molar-refractivity contribution in [2.24, 2.45) is 11.3 Å². The van der Waals surface area contributed by atoms with Gasteiger partial charge in [0, 0.05) is 37.3 Å². The molecule has 4 nitrogen and oxygen atoms in total. The summed E-state index contributed by atoms with van der Waals surface area (Å²) in [7, 11) is 0. The van der Waals surface area contributed by atoms with Crippen molar-refractivity contribution in [1.29, 1.82) is 0 Å². The van der Waals surface area contributed by atoms with Crippen LogP contribution in [0.15, 0.2) is 30.3 Å². The Morgan fingerprint density at radius 1 is 1.25 bits per heavy atom. The van der Waals surface area contributed by atoms with Crippen LogP contribution in [-0.4, -0.2) is 49.8 Å². The monoisotopic (exact) mass is 329 g/mol. The van der Waals surface area contributed by atoms with Gasteiger partial charge in [0.1, 0.15) is 0 Å². The Balaban J connectivity index is 1.46. The van der Waals surface area contributed by atoms with Crippen molar-refractivity contribution in [2.45, 2.75) is 38.2 Å². The molecule has 3 aliphatic rings. The highest BCUT2D eigenvalue weighted by Gasteiger charge is 2.47. The Labute approximate surface area is 144 Å². The number of hydrogen-bond donors (Lipinski definition) is 0. The van der Waals surface area contributed by atoms with E-state index in [1.165, 1.54) is 12.8 Å². The second-order valence-corrected chi connectivity index (χ2v) is 7.67. The average molecular weight is 329 g/mol. The summed E-state index contributed by atoms with van der Waals surface area (Å²) in [6, 6.07) is 9.62. The van der Waals surface area contributed by atoms with Crippen LogP contribution in [0.25, 0.3) is 0 Å². The Morgan fingerprint density at radius 3 is 2.88 bits per heavy atom. The van der Waals surface area contributed by atoms with Crippen molar-refractivity contribution in [3.63, 3.8) is 0 Å². The van der Waals surface area contributed by atoms with Crippen LogP contribution >= 0.6 is 0 Å². The molecule has 0 radical (unpaired) electrons. The van der Waals surface area contributed by atoms with Gasteiger partial charge in [0.2, 0.25) is 0 Å². The van der Waals surface area contributed by atoms with E-state index in [0.717, 1.165) is 63.7 Å². The molecule has 2 aliphatic heterocycles. The molecule has 0 N–H and O–H groups in total. The maximum atomic E-state index is 12.9. The highest BCUT2D eigenvalue weighted by Crippen LogP contribution is 2.41. The van der Waals surface area contributed by atoms with Gasteiger partial charge >= 0.3 is 0 Å². The first-order valence-electron chi connectivity index (χ1n) is 9.30. The molecule has 0 bridgehead atoms. The predicted octanol–water partition coefficient (Wildman–Crippen LogP) is 3.12. The second-order valence-electron chi connectivity index (χ2n) is 7.67. The van der Waals surface area contributed by atoms with Crippen molar-refractivity contribution in [3.05, 3.63) is 35.9 Å². The topological polar surface area (TPSA) is 38.8 Å². The first-order valence-corrected chi connectivity index (χ1v) is 9.30. The van der Waals surface area contributed by atoms with E-state index in [1.54, 1.807) is 0 Å². The van der Waals surface area contributed by atoms with Gasteiger partial charge in [-0.25, -0.2) is 0 Å². The van der Waals surface area contributed by atoms with Crippen molar-refractivity contribution >= 4 is 5.91 Å². The minimum Gasteiger partial charge on any atom is -0.380 e. The van der Waals surface area contributed by atoms with E-state index in [4.69, 9.17) is 9.47 Å². The molecule has 4 rings (SSSR count). The van der Waals surface area contributed by atoms with Crippen LogP contribution in [0.5, 0.6) is 0 Å². The molecule has 1 aliphatic carbocycles. The number of carbonyl (C=O) groups excluding carboxylic acids is 1. The molecule has 2 saturated heterocycles. The van der Waals surface area contributed by atoms with Gasteiger partial charge in [-0.3, -0.25) is 4.79 Å². The first kappa shape index (κ1) is 16.1. The lowest BCUT2D eigenvalue weighted by atomic mass is 9.73. The van der Waals surface area contributed by atoms with Gasteiger partial charge in [0.05, 0.1) is 12.7 Å². The van der Waals surface area contributed by atoms with Gasteiger partial charge in [0.25, 0.3) is 5.91 Å². The van der Waals surface area contributed by atoms with Crippen molar-refractivity contribution < 1.29 is 14.3 Å². The third kappa shape index (κ3) is 3.35. The van der Waals surface area contributed by atoms with E-state index in [2.05, 4.69) is 0 Å². The Hall–Kier alpha value is -1.39. The number of carbonyl (C=O) groups is 1. The van der Waals surface area contributed by atoms with Gasteiger partial charge in [-0.2, -0.15) is 0 Å². The molecule has 2 heterocycles. The molecule has 1 aromatic rings. The van der Waals surface area contributed by atoms with Crippen LogP contribution in [0.4, 0.5) is 0 Å². The fraction of sp³-hybridized carbons (Fsp3) is 0.650. The van der Waals surface area contributed by atoms with Crippen molar-refractivity contribution in [2.75, 3.05) is 32.9 Å². The summed E-state index contributed by atoms with van der Waals surface area (Å²) in [5.41, 5.74) is 0.761. The van der Waals surface area contributed by atoms with Crippen LogP contribution in [0.1, 0.15) is 42.5 Å². The number of amides is 1. The fourth-order valence-electron chi connectivity index (χ4n) is 4.15. The van der Waals surface area contributed by atoms with Crippen molar-refractivity contribution in [3.8, 4) is 0 Å². The highest BCUT2D eigenvalue weighted by atomic mass is 16.5. The summed E-state index contributed by atoms with van der Waals surface area (Å²) in [6.07, 6.45) is 5.95. The molecule has 4 heteroatoms. The van der Waals surface area contributed by atoms with Crippen LogP contribution in [0.2, 0.25) is 0 Å². The molecule has 1 amide bonds. The van der Waals surface area contributed by atoms with E-state index >= 15 is 0 Å². The molecular formula is C20H27NO3. The quantitative estimate of drug-likeness (QED) is 0.833. The number of piperidine rings is 1. The van der Waals surface area contributed by atoms with Crippen molar-refractivity contribution in [1.82, 2.24) is 4.90 Å². The summed E-state index contributed by atoms with van der Waals surface area (Å²) in [4.78, 5) is 14.9. The fourth-order valence-corrected chi connectivity index (χ4v) is 4.15. The molecule has 1 aromatic carbocycles. The SMILES string of the molecule is O=C(c1ccccc1)N1CC[C@H]2OCCC[C@@]2(COCC2CC2)C1. The number of likely N-dealkylation sites (tertiary alicyclic amines) is 1. The maximum absolute atomic E-state index is 12.9. The van der Waals surface area contributed by atoms with Gasteiger partial charge in [-0.05, 0) is 50.2 Å². The number of nitrogens with zero attached hydrogens (tertiary/aromatic N) is 1. The van der Waals surface area contributed by atoms with Crippen LogP contribution in [0.3, 0.4) is 0 Å². The Morgan fingerprint density at radius 2 is 2.08 bits per heavy atom. The lowest BCUT2D eigenvalue weighted by Crippen LogP contribution is -2.58. The van der Waals surface area contributed by atoms with Gasteiger partial charge in [-0.1, -0.05) is 18.2 Å². The van der Waals surface area contributed by atoms with Gasteiger partial charge in [-0.15, -0.1) is 0 Å². The Kier molecular flexibility index (Phi) is 4.59. The summed E-state index contributed by atoms with van der Waals surface area (Å²) in [5.74, 6) is 0.913. The predicted molar refractivity (Wildman–Crippen MR) is 91.9 cm³/mol. The molecule has 2 atom stereocenters. The van der Waals surface area contributed by atoms with Gasteiger partial charge < -0.3 is 14.4 Å². The van der Waals surface area contributed by atoms with E-state index in [1.807, 2.05) is 35.2 Å². The third-order valence-electron chi connectivity index (χ3n) is 5.74. The molecular weight excluding hydrogens is 302 g/mol. The lowest BCUT2D eigenvalue weighted by Gasteiger charge is -2.50. The largest absolute Gasteiger partial charge is 0.380 e. The van der Waals surface area contributed by atoms with Gasteiger partial charge in [0.15, 0.2) is 0 Å². The summed E-state index contributed by atoms with van der Waals surface area (Å²) < 4.78 is 12.1. The minimum absolute atomic E-state index is 0.0180. The third-order valence-corrected chi connectivity index (χ3v) is 5.74. The molecule has 130 valence electrons. The standard InChI is InChI=1S/C20H27NO3/c22-19(17-5-2-1-3-6-17)21-11-9-18-20(14-21,10-4-12-24-18)15-23-13-16-7-8-16/h1-3,5-6,16,18H,4,7-15H2/t18-,20+/m1/s1. The number of ether oxygens (including phenoxy) is 2. The van der Waals surface area contributed by atoms with E-state index < -0.39 is 0 Å². The van der Waals surface area contributed by atoms with E-state index in [9.17, 15) is 4.79 Å². The summed E-state index contributed by atoms with van der Waals surface area (Å²) in [6.45, 7) is 3.99.